The maximum absolute atomic E-state index is 12.1. The third-order valence-corrected chi connectivity index (χ3v) is 2.67. The maximum atomic E-state index is 12.1. The molecule has 5 heteroatoms. The smallest absolute Gasteiger partial charge is 0.272 e. The predicted molar refractivity (Wildman–Crippen MR) is 73.9 cm³/mol. The van der Waals surface area contributed by atoms with Crippen LogP contribution in [0.1, 0.15) is 16.9 Å². The molecule has 1 heterocycles. The van der Waals surface area contributed by atoms with Crippen molar-refractivity contribution in [3.05, 3.63) is 23.9 Å². The molecule has 0 spiro atoms. The summed E-state index contributed by atoms with van der Waals surface area (Å²) in [5.74, 6) is 0.674. The minimum absolute atomic E-state index is 0.0362. The summed E-state index contributed by atoms with van der Waals surface area (Å²) in [6, 6.07) is 5.41. The van der Waals surface area contributed by atoms with Crippen molar-refractivity contribution in [3.63, 3.8) is 0 Å². The number of carbonyl (C=O) groups is 1. The summed E-state index contributed by atoms with van der Waals surface area (Å²) >= 11 is 0. The lowest BCUT2D eigenvalue weighted by Crippen LogP contribution is -2.30. The Morgan fingerprint density at radius 3 is 2.61 bits per heavy atom. The molecule has 0 aliphatic rings. The van der Waals surface area contributed by atoms with Crippen molar-refractivity contribution in [3.8, 4) is 0 Å². The van der Waals surface area contributed by atoms with Crippen molar-refractivity contribution in [1.82, 2.24) is 14.8 Å². The molecular formula is C13H22N4O. The first-order chi connectivity index (χ1) is 8.54. The van der Waals surface area contributed by atoms with Crippen LogP contribution in [0.4, 0.5) is 5.82 Å². The highest BCUT2D eigenvalue weighted by Gasteiger charge is 2.12. The van der Waals surface area contributed by atoms with Crippen molar-refractivity contribution >= 4 is 11.7 Å². The van der Waals surface area contributed by atoms with E-state index >= 15 is 0 Å². The van der Waals surface area contributed by atoms with E-state index in [-0.39, 0.29) is 5.91 Å². The van der Waals surface area contributed by atoms with Crippen LogP contribution in [-0.4, -0.2) is 62.0 Å². The topological polar surface area (TPSA) is 48.5 Å². The molecule has 1 aromatic rings. The summed E-state index contributed by atoms with van der Waals surface area (Å²) in [5, 5.41) is 2.93. The molecule has 0 saturated heterocycles. The first-order valence-corrected chi connectivity index (χ1v) is 6.09. The van der Waals surface area contributed by atoms with Gasteiger partial charge in [-0.2, -0.15) is 0 Å². The average Bonchev–Trinajstić information content (AvgIpc) is 2.37. The van der Waals surface area contributed by atoms with E-state index in [4.69, 9.17) is 0 Å². The quantitative estimate of drug-likeness (QED) is 0.822. The first-order valence-electron chi connectivity index (χ1n) is 6.09. The summed E-state index contributed by atoms with van der Waals surface area (Å²) in [4.78, 5) is 20.2. The van der Waals surface area contributed by atoms with Gasteiger partial charge < -0.3 is 15.1 Å². The summed E-state index contributed by atoms with van der Waals surface area (Å²) in [6.45, 7) is 1.71. The molecule has 0 unspecified atom stereocenters. The van der Waals surface area contributed by atoms with Gasteiger partial charge in [-0.15, -0.1) is 0 Å². The van der Waals surface area contributed by atoms with Gasteiger partial charge in [-0.25, -0.2) is 4.98 Å². The van der Waals surface area contributed by atoms with E-state index in [0.717, 1.165) is 19.5 Å². The van der Waals surface area contributed by atoms with Crippen LogP contribution in [0.5, 0.6) is 0 Å². The van der Waals surface area contributed by atoms with Gasteiger partial charge in [-0.3, -0.25) is 4.79 Å². The number of rotatable bonds is 6. The zero-order valence-electron chi connectivity index (χ0n) is 11.6. The number of hydrogen-bond donors (Lipinski definition) is 1. The SMILES string of the molecule is CNc1cccc(C(=O)N(C)CCCN(C)C)n1. The van der Waals surface area contributed by atoms with Crippen LogP contribution in [0.2, 0.25) is 0 Å². The standard InChI is InChI=1S/C13H22N4O/c1-14-12-8-5-7-11(15-12)13(18)17(4)10-6-9-16(2)3/h5,7-8H,6,9-10H2,1-4H3,(H,14,15). The van der Waals surface area contributed by atoms with E-state index < -0.39 is 0 Å². The Hall–Kier alpha value is -1.62. The van der Waals surface area contributed by atoms with Crippen LogP contribution in [0, 0.1) is 0 Å². The van der Waals surface area contributed by atoms with Gasteiger partial charge in [0.2, 0.25) is 0 Å². The molecule has 1 N–H and O–H groups in total. The minimum atomic E-state index is -0.0362. The fraction of sp³-hybridized carbons (Fsp3) is 0.538. The zero-order chi connectivity index (χ0) is 13.5. The van der Waals surface area contributed by atoms with E-state index in [1.165, 1.54) is 0 Å². The van der Waals surface area contributed by atoms with E-state index in [0.29, 0.717) is 11.5 Å². The summed E-state index contributed by atoms with van der Waals surface area (Å²) in [6.07, 6.45) is 0.959. The molecule has 0 aliphatic carbocycles. The normalized spacial score (nSPS) is 10.5. The van der Waals surface area contributed by atoms with Gasteiger partial charge in [0.05, 0.1) is 0 Å². The Morgan fingerprint density at radius 1 is 1.28 bits per heavy atom. The van der Waals surface area contributed by atoms with Crippen molar-refractivity contribution < 1.29 is 4.79 Å². The number of nitrogens with zero attached hydrogens (tertiary/aromatic N) is 3. The van der Waals surface area contributed by atoms with Crippen molar-refractivity contribution in [2.24, 2.45) is 0 Å². The van der Waals surface area contributed by atoms with Gasteiger partial charge in [0.15, 0.2) is 0 Å². The molecule has 0 bridgehead atoms. The molecule has 1 aromatic heterocycles. The number of hydrogen-bond acceptors (Lipinski definition) is 4. The molecule has 0 fully saturated rings. The van der Waals surface area contributed by atoms with E-state index in [9.17, 15) is 4.79 Å². The van der Waals surface area contributed by atoms with Crippen molar-refractivity contribution in [1.29, 1.82) is 0 Å². The van der Waals surface area contributed by atoms with E-state index in [1.807, 2.05) is 33.3 Å². The lowest BCUT2D eigenvalue weighted by atomic mass is 10.3. The highest BCUT2D eigenvalue weighted by atomic mass is 16.2. The van der Waals surface area contributed by atoms with E-state index in [2.05, 4.69) is 15.2 Å². The lowest BCUT2D eigenvalue weighted by Gasteiger charge is -2.18. The van der Waals surface area contributed by atoms with Crippen molar-refractivity contribution in [2.75, 3.05) is 46.6 Å². The van der Waals surface area contributed by atoms with Crippen LogP contribution in [0.3, 0.4) is 0 Å². The Balaban J connectivity index is 2.56. The molecule has 0 aliphatic heterocycles. The summed E-state index contributed by atoms with van der Waals surface area (Å²) in [5.41, 5.74) is 0.481. The summed E-state index contributed by atoms with van der Waals surface area (Å²) in [7, 11) is 7.66. The molecule has 18 heavy (non-hydrogen) atoms. The number of pyridine rings is 1. The second-order valence-corrected chi connectivity index (χ2v) is 4.54. The second kappa shape index (κ2) is 6.96. The van der Waals surface area contributed by atoms with Gasteiger partial charge >= 0.3 is 0 Å². The molecule has 0 radical (unpaired) electrons. The van der Waals surface area contributed by atoms with Crippen LogP contribution < -0.4 is 5.32 Å². The number of amides is 1. The highest BCUT2D eigenvalue weighted by molar-refractivity contribution is 5.92. The molecule has 0 atom stereocenters. The second-order valence-electron chi connectivity index (χ2n) is 4.54. The lowest BCUT2D eigenvalue weighted by molar-refractivity contribution is 0.0785. The van der Waals surface area contributed by atoms with Gasteiger partial charge in [-0.1, -0.05) is 6.07 Å². The Kier molecular flexibility index (Phi) is 5.58. The Morgan fingerprint density at radius 2 is 2.00 bits per heavy atom. The highest BCUT2D eigenvalue weighted by Crippen LogP contribution is 2.06. The van der Waals surface area contributed by atoms with E-state index in [1.54, 1.807) is 18.0 Å². The molecular weight excluding hydrogens is 228 g/mol. The minimum Gasteiger partial charge on any atom is -0.373 e. The average molecular weight is 250 g/mol. The number of nitrogens with one attached hydrogen (secondary N) is 1. The predicted octanol–water partition coefficient (Wildman–Crippen LogP) is 1.15. The van der Waals surface area contributed by atoms with Gasteiger partial charge in [0, 0.05) is 20.6 Å². The summed E-state index contributed by atoms with van der Waals surface area (Å²) < 4.78 is 0. The number of anilines is 1. The van der Waals surface area contributed by atoms with Gasteiger partial charge in [-0.05, 0) is 39.2 Å². The van der Waals surface area contributed by atoms with Gasteiger partial charge in [0.25, 0.3) is 5.91 Å². The monoisotopic (exact) mass is 250 g/mol. The third-order valence-electron chi connectivity index (χ3n) is 2.67. The fourth-order valence-electron chi connectivity index (χ4n) is 1.61. The largest absolute Gasteiger partial charge is 0.373 e. The fourth-order valence-corrected chi connectivity index (χ4v) is 1.61. The van der Waals surface area contributed by atoms with Crippen LogP contribution in [-0.2, 0) is 0 Å². The van der Waals surface area contributed by atoms with Crippen LogP contribution in [0.15, 0.2) is 18.2 Å². The van der Waals surface area contributed by atoms with Crippen molar-refractivity contribution in [2.45, 2.75) is 6.42 Å². The molecule has 100 valence electrons. The molecule has 1 rings (SSSR count). The Bertz CT molecular complexity index is 392. The zero-order valence-corrected chi connectivity index (χ0v) is 11.6. The maximum Gasteiger partial charge on any atom is 0.272 e. The molecule has 0 aromatic carbocycles. The number of carbonyl (C=O) groups excluding carboxylic acids is 1. The first kappa shape index (κ1) is 14.4. The molecule has 5 nitrogen and oxygen atoms in total. The number of aromatic nitrogens is 1. The van der Waals surface area contributed by atoms with Crippen LogP contribution >= 0.6 is 0 Å². The van der Waals surface area contributed by atoms with Crippen LogP contribution in [0.25, 0.3) is 0 Å². The third kappa shape index (κ3) is 4.33. The molecule has 1 amide bonds. The molecule has 0 saturated carbocycles. The Labute approximate surface area is 109 Å². The van der Waals surface area contributed by atoms with Gasteiger partial charge in [0.1, 0.15) is 11.5 Å².